The van der Waals surface area contributed by atoms with Gasteiger partial charge in [0.05, 0.1) is 6.61 Å². The molecule has 0 bridgehead atoms. The van der Waals surface area contributed by atoms with E-state index in [1.165, 1.54) is 44.9 Å². The predicted molar refractivity (Wildman–Crippen MR) is 89.1 cm³/mol. The molecule has 1 saturated carbocycles. The van der Waals surface area contributed by atoms with Crippen LogP contribution < -0.4 is 5.32 Å². The van der Waals surface area contributed by atoms with Gasteiger partial charge in [-0.25, -0.2) is 4.79 Å². The fraction of sp³-hybridized carbons (Fsp3) is 0.778. The Bertz CT molecular complexity index is 423. The number of hydrogen-bond acceptors (Lipinski definition) is 4. The van der Waals surface area contributed by atoms with Crippen LogP contribution in [0.15, 0.2) is 11.3 Å². The second-order valence-electron chi connectivity index (χ2n) is 6.45. The summed E-state index contributed by atoms with van der Waals surface area (Å²) in [6, 6.07) is 0.521. The van der Waals surface area contributed by atoms with Gasteiger partial charge in [-0.3, -0.25) is 5.41 Å². The number of esters is 1. The van der Waals surface area contributed by atoms with E-state index in [4.69, 9.17) is 10.1 Å². The second kappa shape index (κ2) is 8.96. The Balaban J connectivity index is 2.15. The summed E-state index contributed by atoms with van der Waals surface area (Å²) in [5.41, 5.74) is 2.12. The zero-order valence-corrected chi connectivity index (χ0v) is 13.9. The largest absolute Gasteiger partial charge is 0.461 e. The molecule has 0 saturated heterocycles. The number of rotatable bonds is 5. The highest BCUT2D eigenvalue weighted by Gasteiger charge is 2.23. The maximum atomic E-state index is 12.0. The van der Waals surface area contributed by atoms with E-state index in [1.54, 1.807) is 6.92 Å². The number of carbonyl (C=O) groups excluding carboxylic acids is 1. The lowest BCUT2D eigenvalue weighted by atomic mass is 9.91. The van der Waals surface area contributed by atoms with Gasteiger partial charge in [0.2, 0.25) is 0 Å². The van der Waals surface area contributed by atoms with Crippen LogP contribution in [-0.2, 0) is 9.53 Å². The van der Waals surface area contributed by atoms with Crippen LogP contribution in [0, 0.1) is 5.41 Å². The van der Waals surface area contributed by atoms with Crippen LogP contribution in [0.5, 0.6) is 0 Å². The Hall–Kier alpha value is -1.32. The SMILES string of the molecule is CCOC(=O)C(=N)/C1=C(\NC2CCCCC2)CCCCCC1. The third-order valence-electron chi connectivity index (χ3n) is 4.73. The molecule has 0 amide bonds. The average molecular weight is 306 g/mol. The van der Waals surface area contributed by atoms with Gasteiger partial charge in [-0.1, -0.05) is 32.1 Å². The van der Waals surface area contributed by atoms with E-state index < -0.39 is 5.97 Å². The lowest BCUT2D eigenvalue weighted by Gasteiger charge is -2.28. The molecule has 4 nitrogen and oxygen atoms in total. The van der Waals surface area contributed by atoms with Gasteiger partial charge in [-0.05, 0) is 45.4 Å². The van der Waals surface area contributed by atoms with Crippen molar-refractivity contribution in [3.63, 3.8) is 0 Å². The number of ether oxygens (including phenoxy) is 1. The molecule has 0 heterocycles. The molecule has 4 heteroatoms. The zero-order valence-electron chi connectivity index (χ0n) is 13.9. The van der Waals surface area contributed by atoms with Crippen molar-refractivity contribution in [2.45, 2.75) is 83.6 Å². The van der Waals surface area contributed by atoms with Gasteiger partial charge in [0, 0.05) is 17.3 Å². The minimum Gasteiger partial charge on any atom is -0.461 e. The topological polar surface area (TPSA) is 62.2 Å². The predicted octanol–water partition coefficient (Wildman–Crippen LogP) is 4.10. The van der Waals surface area contributed by atoms with Gasteiger partial charge in [0.15, 0.2) is 0 Å². The summed E-state index contributed by atoms with van der Waals surface area (Å²) >= 11 is 0. The third kappa shape index (κ3) is 4.85. The lowest BCUT2D eigenvalue weighted by Crippen LogP contribution is -2.33. The molecule has 0 spiro atoms. The van der Waals surface area contributed by atoms with Crippen molar-refractivity contribution in [1.82, 2.24) is 5.32 Å². The Kier molecular flexibility index (Phi) is 6.94. The minimum absolute atomic E-state index is 0.0714. The smallest absolute Gasteiger partial charge is 0.356 e. The highest BCUT2D eigenvalue weighted by Crippen LogP contribution is 2.26. The van der Waals surface area contributed by atoms with Gasteiger partial charge in [0.25, 0.3) is 0 Å². The number of allylic oxidation sites excluding steroid dienone is 1. The number of nitrogens with one attached hydrogen (secondary N) is 2. The van der Waals surface area contributed by atoms with E-state index in [1.807, 2.05) is 0 Å². The first-order valence-corrected chi connectivity index (χ1v) is 8.97. The van der Waals surface area contributed by atoms with E-state index in [-0.39, 0.29) is 5.71 Å². The molecule has 2 aliphatic rings. The van der Waals surface area contributed by atoms with Crippen LogP contribution >= 0.6 is 0 Å². The Morgan fingerprint density at radius 2 is 1.73 bits per heavy atom. The monoisotopic (exact) mass is 306 g/mol. The highest BCUT2D eigenvalue weighted by molar-refractivity contribution is 6.42. The number of carbonyl (C=O) groups is 1. The summed E-state index contributed by atoms with van der Waals surface area (Å²) in [4.78, 5) is 12.0. The quantitative estimate of drug-likeness (QED) is 0.594. The summed E-state index contributed by atoms with van der Waals surface area (Å²) < 4.78 is 5.04. The molecule has 2 aliphatic carbocycles. The van der Waals surface area contributed by atoms with Crippen molar-refractivity contribution in [1.29, 1.82) is 5.41 Å². The molecular weight excluding hydrogens is 276 g/mol. The van der Waals surface area contributed by atoms with Crippen molar-refractivity contribution >= 4 is 11.7 Å². The summed E-state index contributed by atoms with van der Waals surface area (Å²) in [5.74, 6) is -0.471. The highest BCUT2D eigenvalue weighted by atomic mass is 16.5. The average Bonchev–Trinajstić information content (AvgIpc) is 2.51. The molecule has 1 fully saturated rings. The fourth-order valence-electron chi connectivity index (χ4n) is 3.51. The molecule has 0 atom stereocenters. The van der Waals surface area contributed by atoms with Crippen molar-refractivity contribution in [2.75, 3.05) is 6.61 Å². The van der Waals surface area contributed by atoms with Crippen molar-refractivity contribution in [3.05, 3.63) is 11.3 Å². The molecule has 124 valence electrons. The lowest BCUT2D eigenvalue weighted by molar-refractivity contribution is -0.135. The molecule has 0 unspecified atom stereocenters. The molecule has 22 heavy (non-hydrogen) atoms. The van der Waals surface area contributed by atoms with Crippen LogP contribution in [0.1, 0.15) is 77.6 Å². The molecule has 0 aromatic rings. The van der Waals surface area contributed by atoms with Gasteiger partial charge < -0.3 is 10.1 Å². The normalized spacial score (nSPS) is 24.2. The van der Waals surface area contributed by atoms with Crippen molar-refractivity contribution < 1.29 is 9.53 Å². The van der Waals surface area contributed by atoms with Crippen LogP contribution in [0.3, 0.4) is 0 Å². The van der Waals surface area contributed by atoms with Crippen molar-refractivity contribution in [2.24, 2.45) is 0 Å². The van der Waals surface area contributed by atoms with Gasteiger partial charge in [-0.2, -0.15) is 0 Å². The van der Waals surface area contributed by atoms with E-state index >= 15 is 0 Å². The number of hydrogen-bond donors (Lipinski definition) is 2. The molecule has 0 aliphatic heterocycles. The maximum Gasteiger partial charge on any atom is 0.356 e. The zero-order chi connectivity index (χ0) is 15.8. The summed E-state index contributed by atoms with van der Waals surface area (Å²) in [6.45, 7) is 2.12. The van der Waals surface area contributed by atoms with E-state index in [0.29, 0.717) is 12.6 Å². The maximum absolute atomic E-state index is 12.0. The molecule has 2 N–H and O–H groups in total. The van der Waals surface area contributed by atoms with Crippen LogP contribution in [0.25, 0.3) is 0 Å². The Morgan fingerprint density at radius 3 is 2.41 bits per heavy atom. The van der Waals surface area contributed by atoms with Gasteiger partial charge in [-0.15, -0.1) is 0 Å². The minimum atomic E-state index is -0.471. The van der Waals surface area contributed by atoms with E-state index in [9.17, 15) is 4.79 Å². The second-order valence-corrected chi connectivity index (χ2v) is 6.45. The summed E-state index contributed by atoms with van der Waals surface area (Å²) in [7, 11) is 0. The molecule has 0 aromatic carbocycles. The first-order valence-electron chi connectivity index (χ1n) is 8.97. The molecule has 2 rings (SSSR count). The third-order valence-corrected chi connectivity index (χ3v) is 4.73. The summed E-state index contributed by atoms with van der Waals surface area (Å²) in [6.07, 6.45) is 12.8. The molecule has 0 radical (unpaired) electrons. The van der Waals surface area contributed by atoms with Crippen LogP contribution in [-0.4, -0.2) is 24.3 Å². The standard InChI is InChI=1S/C18H30N2O2/c1-2-22-18(21)17(19)15-12-8-3-4-9-13-16(15)20-14-10-6-5-7-11-14/h14,19-20H,2-13H2,1H3/b16-15-,19-17?. The Morgan fingerprint density at radius 1 is 1.09 bits per heavy atom. The summed E-state index contributed by atoms with van der Waals surface area (Å²) in [5, 5.41) is 11.9. The van der Waals surface area contributed by atoms with E-state index in [2.05, 4.69) is 5.32 Å². The van der Waals surface area contributed by atoms with Crippen LogP contribution in [0.2, 0.25) is 0 Å². The van der Waals surface area contributed by atoms with Crippen molar-refractivity contribution in [3.8, 4) is 0 Å². The molecule has 0 aromatic heterocycles. The van der Waals surface area contributed by atoms with Gasteiger partial charge in [0.1, 0.15) is 5.71 Å². The first kappa shape index (κ1) is 17.0. The molecular formula is C18H30N2O2. The first-order chi connectivity index (χ1) is 10.7. The fourth-order valence-corrected chi connectivity index (χ4v) is 3.51. The Labute approximate surface area is 134 Å². The van der Waals surface area contributed by atoms with Gasteiger partial charge >= 0.3 is 5.97 Å². The van der Waals surface area contributed by atoms with E-state index in [0.717, 1.165) is 37.0 Å². The van der Waals surface area contributed by atoms with Crippen LogP contribution in [0.4, 0.5) is 0 Å².